The number of carbonyl (C=O) groups is 3. The molecule has 0 aromatic heterocycles. The van der Waals surface area contributed by atoms with Crippen LogP contribution in [0.15, 0.2) is 72.9 Å². The summed E-state index contributed by atoms with van der Waals surface area (Å²) >= 11 is 0. The Kier molecular flexibility index (Phi) is 64.7. The summed E-state index contributed by atoms with van der Waals surface area (Å²) in [4.78, 5) is 38.3. The van der Waals surface area contributed by atoms with Gasteiger partial charge in [0, 0.05) is 19.3 Å². The Hall–Kier alpha value is -3.15. The van der Waals surface area contributed by atoms with E-state index in [1.807, 2.05) is 0 Å². The van der Waals surface area contributed by atoms with Crippen molar-refractivity contribution in [2.75, 3.05) is 13.2 Å². The quantitative estimate of drug-likeness (QED) is 0.0261. The molecule has 0 saturated heterocycles. The summed E-state index contributed by atoms with van der Waals surface area (Å²) in [5, 5.41) is 0. The molecule has 0 aromatic rings. The van der Waals surface area contributed by atoms with Gasteiger partial charge in [0.1, 0.15) is 13.2 Å². The summed E-state index contributed by atoms with van der Waals surface area (Å²) in [5.74, 6) is -0.911. The van der Waals surface area contributed by atoms with Crippen molar-refractivity contribution in [3.63, 3.8) is 0 Å². The predicted octanol–water partition coefficient (Wildman–Crippen LogP) is 23.7. The van der Waals surface area contributed by atoms with E-state index in [0.717, 1.165) is 83.5 Å². The van der Waals surface area contributed by atoms with Crippen LogP contribution in [-0.2, 0) is 28.6 Å². The number of unbranched alkanes of at least 4 members (excludes halogenated alkanes) is 40. The predicted molar refractivity (Wildman–Crippen MR) is 344 cm³/mol. The lowest BCUT2D eigenvalue weighted by atomic mass is 10.0. The van der Waals surface area contributed by atoms with Gasteiger partial charge >= 0.3 is 17.9 Å². The van der Waals surface area contributed by atoms with Gasteiger partial charge in [-0.25, -0.2) is 0 Å². The first-order valence-corrected chi connectivity index (χ1v) is 34.4. The summed E-state index contributed by atoms with van der Waals surface area (Å²) in [6.45, 7) is 6.52. The molecule has 6 nitrogen and oxygen atoms in total. The van der Waals surface area contributed by atoms with Crippen molar-refractivity contribution in [1.29, 1.82) is 0 Å². The molecule has 0 aliphatic heterocycles. The van der Waals surface area contributed by atoms with E-state index in [2.05, 4.69) is 93.7 Å². The van der Waals surface area contributed by atoms with Crippen LogP contribution in [0, 0.1) is 0 Å². The molecule has 458 valence electrons. The number of allylic oxidation sites excluding steroid dienone is 12. The maximum atomic E-state index is 12.9. The second-order valence-corrected chi connectivity index (χ2v) is 23.1. The van der Waals surface area contributed by atoms with Gasteiger partial charge in [0.15, 0.2) is 6.10 Å². The van der Waals surface area contributed by atoms with Crippen molar-refractivity contribution in [3.8, 4) is 0 Å². The van der Waals surface area contributed by atoms with Crippen LogP contribution in [-0.4, -0.2) is 37.2 Å². The zero-order valence-corrected chi connectivity index (χ0v) is 52.6. The van der Waals surface area contributed by atoms with Gasteiger partial charge in [0.25, 0.3) is 0 Å². The van der Waals surface area contributed by atoms with E-state index in [-0.39, 0.29) is 37.5 Å². The van der Waals surface area contributed by atoms with E-state index in [1.165, 1.54) is 225 Å². The molecule has 79 heavy (non-hydrogen) atoms. The summed E-state index contributed by atoms with van der Waals surface area (Å²) in [6, 6.07) is 0. The second-order valence-electron chi connectivity index (χ2n) is 23.1. The molecule has 0 aliphatic rings. The zero-order valence-electron chi connectivity index (χ0n) is 52.6. The molecule has 0 radical (unpaired) electrons. The van der Waals surface area contributed by atoms with Gasteiger partial charge < -0.3 is 14.2 Å². The van der Waals surface area contributed by atoms with Gasteiger partial charge in [-0.2, -0.15) is 0 Å². The average molecular weight is 1100 g/mol. The minimum atomic E-state index is -0.794. The fraction of sp³-hybridized carbons (Fsp3) is 0.795. The van der Waals surface area contributed by atoms with E-state index in [9.17, 15) is 14.4 Å². The summed E-state index contributed by atoms with van der Waals surface area (Å²) < 4.78 is 16.9. The van der Waals surface area contributed by atoms with Crippen LogP contribution in [0.5, 0.6) is 0 Å². The molecule has 0 bridgehead atoms. The highest BCUT2D eigenvalue weighted by Gasteiger charge is 2.19. The van der Waals surface area contributed by atoms with E-state index in [0.29, 0.717) is 19.3 Å². The highest BCUT2D eigenvalue weighted by atomic mass is 16.6. The van der Waals surface area contributed by atoms with Crippen molar-refractivity contribution < 1.29 is 28.6 Å². The fourth-order valence-electron chi connectivity index (χ4n) is 10.1. The Balaban J connectivity index is 4.13. The molecular formula is C73H130O6. The normalized spacial score (nSPS) is 12.5. The Morgan fingerprint density at radius 3 is 0.797 bits per heavy atom. The highest BCUT2D eigenvalue weighted by molar-refractivity contribution is 5.71. The summed E-state index contributed by atoms with van der Waals surface area (Å²) in [5.41, 5.74) is 0. The number of hydrogen-bond donors (Lipinski definition) is 0. The first-order chi connectivity index (χ1) is 39.0. The molecule has 1 unspecified atom stereocenters. The Labute approximate surface area is 491 Å². The topological polar surface area (TPSA) is 78.9 Å². The van der Waals surface area contributed by atoms with Gasteiger partial charge in [-0.3, -0.25) is 14.4 Å². The second kappa shape index (κ2) is 67.4. The Morgan fingerprint density at radius 1 is 0.266 bits per heavy atom. The molecule has 0 fully saturated rings. The number of rotatable bonds is 63. The molecule has 0 rings (SSSR count). The zero-order chi connectivity index (χ0) is 57.1. The van der Waals surface area contributed by atoms with Crippen molar-refractivity contribution in [2.24, 2.45) is 0 Å². The van der Waals surface area contributed by atoms with Gasteiger partial charge in [0.05, 0.1) is 0 Å². The van der Waals surface area contributed by atoms with E-state index < -0.39 is 6.10 Å². The van der Waals surface area contributed by atoms with Gasteiger partial charge in [-0.1, -0.05) is 318 Å². The minimum absolute atomic E-state index is 0.0875. The molecule has 0 saturated carbocycles. The molecule has 1 atom stereocenters. The maximum Gasteiger partial charge on any atom is 0.306 e. The largest absolute Gasteiger partial charge is 0.462 e. The number of carbonyl (C=O) groups excluding carboxylic acids is 3. The maximum absolute atomic E-state index is 12.9. The number of ether oxygens (including phenoxy) is 3. The van der Waals surface area contributed by atoms with Crippen LogP contribution >= 0.6 is 0 Å². The first-order valence-electron chi connectivity index (χ1n) is 34.4. The first kappa shape index (κ1) is 75.8. The van der Waals surface area contributed by atoms with Crippen LogP contribution in [0.1, 0.15) is 355 Å². The molecule has 6 heteroatoms. The standard InChI is InChI=1S/C73H130O6/c1-4-7-10-13-16-19-22-25-27-28-29-30-31-32-33-34-35-36-37-38-39-40-41-42-43-44-46-48-51-54-57-60-63-66-72(75)78-69-70(68-77-71(74)65-62-59-56-53-50-47-24-21-18-15-12-9-6-3)79-73(76)67-64-61-58-55-52-49-45-26-23-20-17-14-11-8-5-2/h8,11,17,20,22,25-26,28-29,45,52,55,70H,4-7,9-10,12-16,18-19,21,23-24,27,30-44,46-51,53-54,56-69H2,1-3H3/b11-8-,20-17-,25-22-,29-28-,45-26-,55-52-. The molecule has 0 aromatic carbocycles. The smallest absolute Gasteiger partial charge is 0.306 e. The number of hydrogen-bond acceptors (Lipinski definition) is 6. The molecule has 0 amide bonds. The van der Waals surface area contributed by atoms with Crippen LogP contribution in [0.25, 0.3) is 0 Å². The van der Waals surface area contributed by atoms with Crippen molar-refractivity contribution >= 4 is 17.9 Å². The van der Waals surface area contributed by atoms with Crippen LogP contribution in [0.4, 0.5) is 0 Å². The molecule has 0 spiro atoms. The van der Waals surface area contributed by atoms with Gasteiger partial charge in [-0.05, 0) is 89.9 Å². The van der Waals surface area contributed by atoms with Crippen molar-refractivity contribution in [1.82, 2.24) is 0 Å². The van der Waals surface area contributed by atoms with Crippen LogP contribution in [0.3, 0.4) is 0 Å². The third kappa shape index (κ3) is 65.5. The molecule has 0 aliphatic carbocycles. The summed E-state index contributed by atoms with van der Waals surface area (Å²) in [7, 11) is 0. The SMILES string of the molecule is CC/C=C\C/C=C\C/C=C\C/C=C\CCCCC(=O)OC(COC(=O)CCCCCCCCCCCCCCC)COC(=O)CCCCCCCCCCCCCCCCCCCCCCC/C=C\C/C=C\CCCCCCC. The monoisotopic (exact) mass is 1100 g/mol. The van der Waals surface area contributed by atoms with Crippen molar-refractivity contribution in [3.05, 3.63) is 72.9 Å². The highest BCUT2D eigenvalue weighted by Crippen LogP contribution is 2.18. The third-order valence-corrected chi connectivity index (χ3v) is 15.2. The van der Waals surface area contributed by atoms with Gasteiger partial charge in [-0.15, -0.1) is 0 Å². The lowest BCUT2D eigenvalue weighted by Gasteiger charge is -2.18. The summed E-state index contributed by atoms with van der Waals surface area (Å²) in [6.07, 6.45) is 88.1. The van der Waals surface area contributed by atoms with Crippen molar-refractivity contribution in [2.45, 2.75) is 361 Å². The van der Waals surface area contributed by atoms with E-state index >= 15 is 0 Å². The lowest BCUT2D eigenvalue weighted by molar-refractivity contribution is -0.167. The fourth-order valence-corrected chi connectivity index (χ4v) is 10.1. The average Bonchev–Trinajstić information content (AvgIpc) is 3.45. The third-order valence-electron chi connectivity index (χ3n) is 15.2. The van der Waals surface area contributed by atoms with Crippen LogP contribution < -0.4 is 0 Å². The van der Waals surface area contributed by atoms with E-state index in [4.69, 9.17) is 14.2 Å². The molecular weight excluding hydrogens is 973 g/mol. The Bertz CT molecular complexity index is 1450. The lowest BCUT2D eigenvalue weighted by Crippen LogP contribution is -2.30. The Morgan fingerprint density at radius 2 is 0.494 bits per heavy atom. The number of esters is 3. The van der Waals surface area contributed by atoms with Gasteiger partial charge in [0.2, 0.25) is 0 Å². The van der Waals surface area contributed by atoms with Crippen LogP contribution in [0.2, 0.25) is 0 Å². The molecule has 0 heterocycles. The molecule has 0 N–H and O–H groups in total. The van der Waals surface area contributed by atoms with E-state index in [1.54, 1.807) is 0 Å². The minimum Gasteiger partial charge on any atom is -0.462 e.